The number of hydrogen-bond acceptors (Lipinski definition) is 2. The van der Waals surface area contributed by atoms with Crippen molar-refractivity contribution >= 4 is 15.9 Å². The van der Waals surface area contributed by atoms with Gasteiger partial charge in [-0.15, -0.1) is 0 Å². The predicted octanol–water partition coefficient (Wildman–Crippen LogP) is 11.4. The van der Waals surface area contributed by atoms with Crippen LogP contribution in [0.1, 0.15) is 44.1 Å². The highest BCUT2D eigenvalue weighted by Crippen LogP contribution is 2.64. The molecule has 0 aliphatic rings. The summed E-state index contributed by atoms with van der Waals surface area (Å²) in [5, 5.41) is 8.63. The fourth-order valence-electron chi connectivity index (χ4n) is 4.12. The van der Waals surface area contributed by atoms with Gasteiger partial charge in [-0.05, 0) is 61.1 Å². The van der Waals surface area contributed by atoms with E-state index in [9.17, 15) is 70.2 Å². The van der Waals surface area contributed by atoms with Gasteiger partial charge < -0.3 is 4.74 Å². The van der Waals surface area contributed by atoms with E-state index in [4.69, 9.17) is 10.00 Å². The summed E-state index contributed by atoms with van der Waals surface area (Å²) in [6, 6.07) is 14.0. The molecule has 0 spiro atoms. The molecule has 0 heterocycles. The van der Waals surface area contributed by atoms with Gasteiger partial charge in [-0.1, -0.05) is 40.2 Å². The molecule has 0 fully saturated rings. The van der Waals surface area contributed by atoms with E-state index in [0.717, 1.165) is 0 Å². The molecule has 2 aromatic carbocycles. The van der Waals surface area contributed by atoms with Gasteiger partial charge in [0.25, 0.3) is 0 Å². The summed E-state index contributed by atoms with van der Waals surface area (Å²) >= 11 is 2.64. The highest BCUT2D eigenvalue weighted by Gasteiger charge is 2.94. The van der Waals surface area contributed by atoms with Gasteiger partial charge in [0.05, 0.1) is 18.2 Å². The lowest BCUT2D eigenvalue weighted by molar-refractivity contribution is -0.453. The minimum Gasteiger partial charge on any atom is -0.494 e. The molecule has 0 aromatic heterocycles. The van der Waals surface area contributed by atoms with Gasteiger partial charge in [0, 0.05) is 18.2 Å². The first-order valence-corrected chi connectivity index (χ1v) is 14.7. The van der Waals surface area contributed by atoms with Gasteiger partial charge in [-0.3, -0.25) is 0 Å². The third-order valence-corrected chi connectivity index (χ3v) is 7.68. The first kappa shape index (κ1) is 41.3. The van der Waals surface area contributed by atoms with Gasteiger partial charge in [-0.25, -0.2) is 0 Å². The van der Waals surface area contributed by atoms with E-state index >= 15 is 0 Å². The number of alkyl halides is 17. The zero-order valence-electron chi connectivity index (χ0n) is 24.1. The molecule has 0 aliphatic heterocycles. The van der Waals surface area contributed by atoms with Crippen LogP contribution in [0.5, 0.6) is 5.75 Å². The number of halogens is 17. The predicted molar refractivity (Wildman–Crippen MR) is 143 cm³/mol. The SMILES string of the molecule is N#Cc1ccc(-c2ccc(OCCCCC(F)(F)C(F)(F)C(F)(F)C(F)(F)C(F)(F)C(F)(F)C(F)(F)C(F)(F)CCCCBr)cc2)cc1. The molecular weight excluding hydrogens is 762 g/mol. The first-order valence-electron chi connectivity index (χ1n) is 13.6. The molecule has 2 nitrogen and oxygen atoms in total. The second-order valence-corrected chi connectivity index (χ2v) is 11.3. The van der Waals surface area contributed by atoms with Crippen LogP contribution < -0.4 is 4.74 Å². The molecular formula is C29H24BrF16NO. The lowest BCUT2D eigenvalue weighted by Gasteiger charge is -2.43. The van der Waals surface area contributed by atoms with Crippen molar-refractivity contribution in [2.24, 2.45) is 0 Å². The number of ether oxygens (including phenoxy) is 1. The van der Waals surface area contributed by atoms with E-state index < -0.39 is 92.5 Å². The van der Waals surface area contributed by atoms with Gasteiger partial charge in [0.1, 0.15) is 5.75 Å². The van der Waals surface area contributed by atoms with Crippen LogP contribution in [-0.4, -0.2) is 59.3 Å². The van der Waals surface area contributed by atoms with Crippen LogP contribution in [0, 0.1) is 11.3 Å². The second-order valence-electron chi connectivity index (χ2n) is 10.5. The number of nitriles is 1. The molecule has 0 N–H and O–H groups in total. The molecule has 0 atom stereocenters. The van der Waals surface area contributed by atoms with Crippen molar-refractivity contribution in [1.29, 1.82) is 5.26 Å². The highest BCUT2D eigenvalue weighted by molar-refractivity contribution is 9.09. The number of benzene rings is 2. The fraction of sp³-hybridized carbons (Fsp3) is 0.552. The van der Waals surface area contributed by atoms with Crippen molar-refractivity contribution in [1.82, 2.24) is 0 Å². The third-order valence-electron chi connectivity index (χ3n) is 7.12. The van der Waals surface area contributed by atoms with Crippen LogP contribution >= 0.6 is 15.9 Å². The minimum atomic E-state index is -8.42. The first-order chi connectivity index (χ1) is 21.8. The number of hydrogen-bond donors (Lipinski definition) is 0. The molecule has 0 radical (unpaired) electrons. The maximum absolute atomic E-state index is 14.2. The molecule has 0 aliphatic carbocycles. The Hall–Kier alpha value is -2.91. The summed E-state index contributed by atoms with van der Waals surface area (Å²) in [5.74, 6) is -60.8. The Kier molecular flexibility index (Phi) is 12.5. The van der Waals surface area contributed by atoms with E-state index in [1.165, 1.54) is 36.4 Å². The summed E-state index contributed by atoms with van der Waals surface area (Å²) < 4.78 is 230. The van der Waals surface area contributed by atoms with E-state index in [-0.39, 0.29) is 11.1 Å². The molecule has 0 saturated carbocycles. The Bertz CT molecular complexity index is 1390. The lowest BCUT2D eigenvalue weighted by Crippen LogP contribution is -2.74. The quantitative estimate of drug-likeness (QED) is 0.0857. The average Bonchev–Trinajstić information content (AvgIpc) is 3.00. The zero-order valence-corrected chi connectivity index (χ0v) is 25.6. The van der Waals surface area contributed by atoms with Crippen molar-refractivity contribution < 1.29 is 75.0 Å². The summed E-state index contributed by atoms with van der Waals surface area (Å²) in [7, 11) is 0. The summed E-state index contributed by atoms with van der Waals surface area (Å²) in [6.07, 6.45) is -8.21. The van der Waals surface area contributed by atoms with E-state index in [2.05, 4.69) is 15.9 Å². The molecule has 0 bridgehead atoms. The van der Waals surface area contributed by atoms with Crippen LogP contribution in [0.3, 0.4) is 0 Å². The molecule has 2 aromatic rings. The largest absolute Gasteiger partial charge is 0.494 e. The minimum absolute atomic E-state index is 0.0873. The Labute approximate surface area is 271 Å². The summed E-state index contributed by atoms with van der Waals surface area (Å²) in [6.45, 7) is -0.562. The standard InChI is InChI=1S/C29H24BrF16NO/c30-15-3-1-13-22(31,32)24(35,36)26(39,40)28(43,44)29(45,46)27(41,42)25(37,38)23(33,34)14-2-4-16-48-21-11-9-20(10-12-21)19-7-5-18(17-47)6-8-19/h5-12H,1-4,13-16H2. The van der Waals surface area contributed by atoms with Gasteiger partial charge in [-0.2, -0.15) is 75.5 Å². The molecule has 0 saturated heterocycles. The van der Waals surface area contributed by atoms with E-state index in [0.29, 0.717) is 16.7 Å². The maximum atomic E-state index is 14.2. The molecule has 48 heavy (non-hydrogen) atoms. The Morgan fingerprint density at radius 1 is 0.500 bits per heavy atom. The molecule has 270 valence electrons. The Morgan fingerprint density at radius 2 is 0.854 bits per heavy atom. The summed E-state index contributed by atoms with van der Waals surface area (Å²) in [5.41, 5.74) is 1.70. The Balaban J connectivity index is 2.13. The highest BCUT2D eigenvalue weighted by atomic mass is 79.9. The van der Waals surface area contributed by atoms with Crippen LogP contribution in [0.4, 0.5) is 70.2 Å². The van der Waals surface area contributed by atoms with Crippen LogP contribution in [-0.2, 0) is 0 Å². The van der Waals surface area contributed by atoms with Crippen molar-refractivity contribution in [3.05, 3.63) is 54.1 Å². The number of unbranched alkanes of at least 4 members (excludes halogenated alkanes) is 2. The van der Waals surface area contributed by atoms with E-state index in [1.807, 2.05) is 6.07 Å². The van der Waals surface area contributed by atoms with Gasteiger partial charge in [0.2, 0.25) is 0 Å². The van der Waals surface area contributed by atoms with Crippen molar-refractivity contribution in [3.8, 4) is 22.9 Å². The summed E-state index contributed by atoms with van der Waals surface area (Å²) in [4.78, 5) is 0. The second kappa shape index (κ2) is 14.5. The van der Waals surface area contributed by atoms with Crippen LogP contribution in [0.2, 0.25) is 0 Å². The van der Waals surface area contributed by atoms with Crippen LogP contribution in [0.25, 0.3) is 11.1 Å². The van der Waals surface area contributed by atoms with Gasteiger partial charge in [0.15, 0.2) is 0 Å². The number of rotatable bonds is 18. The monoisotopic (exact) mass is 785 g/mol. The molecule has 19 heteroatoms. The lowest BCUT2D eigenvalue weighted by atomic mass is 9.86. The maximum Gasteiger partial charge on any atom is 0.384 e. The molecule has 2 rings (SSSR count). The third kappa shape index (κ3) is 7.47. The Morgan fingerprint density at radius 3 is 1.23 bits per heavy atom. The van der Waals surface area contributed by atoms with Crippen molar-refractivity contribution in [3.63, 3.8) is 0 Å². The van der Waals surface area contributed by atoms with E-state index in [1.54, 1.807) is 12.1 Å². The topological polar surface area (TPSA) is 33.0 Å². The van der Waals surface area contributed by atoms with Crippen LogP contribution in [0.15, 0.2) is 48.5 Å². The molecule has 0 amide bonds. The average molecular weight is 786 g/mol. The number of nitrogens with zero attached hydrogens (tertiary/aromatic N) is 1. The zero-order chi connectivity index (χ0) is 37.0. The van der Waals surface area contributed by atoms with Crippen molar-refractivity contribution in [2.75, 3.05) is 11.9 Å². The smallest absolute Gasteiger partial charge is 0.384 e. The molecule has 0 unspecified atom stereocenters. The fourth-order valence-corrected chi connectivity index (χ4v) is 4.52. The normalized spacial score (nSPS) is 14.2. The van der Waals surface area contributed by atoms with Gasteiger partial charge >= 0.3 is 47.4 Å². The van der Waals surface area contributed by atoms with Crippen molar-refractivity contribution in [2.45, 2.75) is 85.9 Å².